The van der Waals surface area contributed by atoms with E-state index in [-0.39, 0.29) is 10.6 Å². The summed E-state index contributed by atoms with van der Waals surface area (Å²) in [7, 11) is -3.62. The van der Waals surface area contributed by atoms with Gasteiger partial charge < -0.3 is 4.90 Å². The minimum Gasteiger partial charge on any atom is -0.300 e. The van der Waals surface area contributed by atoms with Crippen molar-refractivity contribution >= 4 is 15.7 Å². The molecule has 8 heteroatoms. The molecule has 0 spiro atoms. The molecule has 1 fully saturated rings. The van der Waals surface area contributed by atoms with Crippen LogP contribution in [0.2, 0.25) is 0 Å². The quantitative estimate of drug-likeness (QED) is 0.439. The maximum absolute atomic E-state index is 12.2. The van der Waals surface area contributed by atoms with Crippen molar-refractivity contribution in [2.24, 2.45) is 0 Å². The Bertz CT molecular complexity index is 646. The summed E-state index contributed by atoms with van der Waals surface area (Å²) in [5.74, 6) is 0. The zero-order chi connectivity index (χ0) is 17.6. The minimum atomic E-state index is -3.62. The first kappa shape index (κ1) is 18.8. The van der Waals surface area contributed by atoms with Gasteiger partial charge >= 0.3 is 0 Å². The molecule has 134 valence electrons. The normalized spacial score (nSPS) is 19.3. The average Bonchev–Trinajstić information content (AvgIpc) is 2.59. The van der Waals surface area contributed by atoms with Crippen molar-refractivity contribution in [3.63, 3.8) is 0 Å². The van der Waals surface area contributed by atoms with Gasteiger partial charge in [-0.3, -0.25) is 10.1 Å². The van der Waals surface area contributed by atoms with Crippen LogP contribution in [0.25, 0.3) is 0 Å². The third-order valence-corrected chi connectivity index (χ3v) is 5.97. The lowest BCUT2D eigenvalue weighted by atomic mass is 10.00. The van der Waals surface area contributed by atoms with Crippen molar-refractivity contribution in [3.8, 4) is 0 Å². The van der Waals surface area contributed by atoms with Gasteiger partial charge in [-0.15, -0.1) is 0 Å². The van der Waals surface area contributed by atoms with Crippen LogP contribution in [0.4, 0.5) is 5.69 Å². The second kappa shape index (κ2) is 8.55. The fourth-order valence-electron chi connectivity index (χ4n) is 3.14. The van der Waals surface area contributed by atoms with Crippen molar-refractivity contribution in [1.82, 2.24) is 9.62 Å². The van der Waals surface area contributed by atoms with Crippen LogP contribution in [-0.4, -0.2) is 43.9 Å². The highest BCUT2D eigenvalue weighted by Gasteiger charge is 2.20. The standard InChI is InChI=1S/C16H25N3O4S/c1-2-14-6-3-4-12-18(14)13-5-11-17-24(22,23)16-9-7-15(8-10-16)19(20)21/h7-10,14,17H,2-6,11-13H2,1H3/t14-/m0/s1. The van der Waals surface area contributed by atoms with Gasteiger partial charge in [-0.25, -0.2) is 13.1 Å². The topological polar surface area (TPSA) is 92.6 Å². The Hall–Kier alpha value is -1.51. The zero-order valence-corrected chi connectivity index (χ0v) is 14.8. The largest absolute Gasteiger partial charge is 0.300 e. The maximum Gasteiger partial charge on any atom is 0.269 e. The number of benzene rings is 1. The number of non-ortho nitro benzene ring substituents is 1. The van der Waals surface area contributed by atoms with Crippen molar-refractivity contribution in [1.29, 1.82) is 0 Å². The van der Waals surface area contributed by atoms with Crippen LogP contribution in [0.3, 0.4) is 0 Å². The molecule has 2 rings (SSSR count). The van der Waals surface area contributed by atoms with Crippen LogP contribution in [0.1, 0.15) is 39.0 Å². The van der Waals surface area contributed by atoms with E-state index in [0.717, 1.165) is 25.9 Å². The second-order valence-electron chi connectivity index (χ2n) is 6.10. The van der Waals surface area contributed by atoms with Gasteiger partial charge in [0, 0.05) is 24.7 Å². The summed E-state index contributed by atoms with van der Waals surface area (Å²) in [5, 5.41) is 10.6. The van der Waals surface area contributed by atoms with Gasteiger partial charge in [0.25, 0.3) is 5.69 Å². The predicted molar refractivity (Wildman–Crippen MR) is 92.4 cm³/mol. The number of nitrogens with one attached hydrogen (secondary N) is 1. The van der Waals surface area contributed by atoms with Crippen LogP contribution in [0.15, 0.2) is 29.2 Å². The van der Waals surface area contributed by atoms with Crippen molar-refractivity contribution in [2.45, 2.75) is 50.0 Å². The Labute approximate surface area is 143 Å². The number of piperidine rings is 1. The molecule has 1 aromatic carbocycles. The summed E-state index contributed by atoms with van der Waals surface area (Å²) in [6.45, 7) is 4.54. The number of rotatable bonds is 8. The van der Waals surface area contributed by atoms with E-state index in [1.165, 1.54) is 43.5 Å². The SMILES string of the molecule is CC[C@H]1CCCCN1CCCNS(=O)(=O)c1ccc([N+](=O)[O-])cc1. The van der Waals surface area contributed by atoms with Crippen LogP contribution >= 0.6 is 0 Å². The Morgan fingerprint density at radius 1 is 1.29 bits per heavy atom. The van der Waals surface area contributed by atoms with Gasteiger partial charge in [-0.05, 0) is 50.9 Å². The molecular weight excluding hydrogens is 330 g/mol. The van der Waals surface area contributed by atoms with E-state index in [9.17, 15) is 18.5 Å². The molecule has 0 aromatic heterocycles. The fourth-order valence-corrected chi connectivity index (χ4v) is 4.21. The van der Waals surface area contributed by atoms with Crippen molar-refractivity contribution < 1.29 is 13.3 Å². The minimum absolute atomic E-state index is 0.0532. The fraction of sp³-hybridized carbons (Fsp3) is 0.625. The van der Waals surface area contributed by atoms with Crippen LogP contribution in [0, 0.1) is 10.1 Å². The van der Waals surface area contributed by atoms with Gasteiger partial charge in [0.1, 0.15) is 0 Å². The molecule has 7 nitrogen and oxygen atoms in total. The van der Waals surface area contributed by atoms with Crippen LogP contribution in [-0.2, 0) is 10.0 Å². The van der Waals surface area contributed by atoms with E-state index >= 15 is 0 Å². The van der Waals surface area contributed by atoms with E-state index < -0.39 is 14.9 Å². The first-order valence-electron chi connectivity index (χ1n) is 8.42. The Morgan fingerprint density at radius 3 is 2.62 bits per heavy atom. The van der Waals surface area contributed by atoms with E-state index in [1.807, 2.05) is 0 Å². The van der Waals surface area contributed by atoms with Gasteiger partial charge in [0.15, 0.2) is 0 Å². The summed E-state index contributed by atoms with van der Waals surface area (Å²) in [6, 6.07) is 5.55. The monoisotopic (exact) mass is 355 g/mol. The summed E-state index contributed by atoms with van der Waals surface area (Å²) in [5.41, 5.74) is -0.121. The first-order chi connectivity index (χ1) is 11.4. The molecule has 0 bridgehead atoms. The molecule has 1 atom stereocenters. The van der Waals surface area contributed by atoms with E-state index in [0.29, 0.717) is 12.6 Å². The Kier molecular flexibility index (Phi) is 6.70. The average molecular weight is 355 g/mol. The Morgan fingerprint density at radius 2 is 2.00 bits per heavy atom. The van der Waals surface area contributed by atoms with E-state index in [2.05, 4.69) is 16.5 Å². The number of nitro groups is 1. The molecule has 0 unspecified atom stereocenters. The lowest BCUT2D eigenvalue weighted by Crippen LogP contribution is -2.40. The molecular formula is C16H25N3O4S. The molecule has 1 N–H and O–H groups in total. The lowest BCUT2D eigenvalue weighted by molar-refractivity contribution is -0.384. The van der Waals surface area contributed by atoms with Crippen LogP contribution in [0.5, 0.6) is 0 Å². The van der Waals surface area contributed by atoms with Gasteiger partial charge in [0.05, 0.1) is 9.82 Å². The summed E-state index contributed by atoms with van der Waals surface area (Å²) < 4.78 is 27.0. The molecule has 24 heavy (non-hydrogen) atoms. The molecule has 0 radical (unpaired) electrons. The lowest BCUT2D eigenvalue weighted by Gasteiger charge is -2.35. The molecule has 0 saturated carbocycles. The van der Waals surface area contributed by atoms with E-state index in [4.69, 9.17) is 0 Å². The number of nitro benzene ring substituents is 1. The number of hydrogen-bond donors (Lipinski definition) is 1. The van der Waals surface area contributed by atoms with E-state index in [1.54, 1.807) is 0 Å². The predicted octanol–water partition coefficient (Wildman–Crippen LogP) is 2.53. The number of hydrogen-bond acceptors (Lipinski definition) is 5. The number of likely N-dealkylation sites (tertiary alicyclic amines) is 1. The molecule has 0 aliphatic carbocycles. The molecule has 1 heterocycles. The summed E-state index contributed by atoms with van der Waals surface area (Å²) in [4.78, 5) is 12.6. The molecule has 1 aromatic rings. The van der Waals surface area contributed by atoms with Gasteiger partial charge in [0.2, 0.25) is 10.0 Å². The Balaban J connectivity index is 1.83. The maximum atomic E-state index is 12.2. The molecule has 0 amide bonds. The highest BCUT2D eigenvalue weighted by atomic mass is 32.2. The van der Waals surface area contributed by atoms with Crippen molar-refractivity contribution in [2.75, 3.05) is 19.6 Å². The molecule has 1 aliphatic rings. The third kappa shape index (κ3) is 4.99. The molecule has 1 saturated heterocycles. The third-order valence-electron chi connectivity index (χ3n) is 4.49. The van der Waals surface area contributed by atoms with Crippen molar-refractivity contribution in [3.05, 3.63) is 34.4 Å². The highest BCUT2D eigenvalue weighted by Crippen LogP contribution is 2.19. The number of sulfonamides is 1. The first-order valence-corrected chi connectivity index (χ1v) is 9.90. The van der Waals surface area contributed by atoms with Gasteiger partial charge in [-0.1, -0.05) is 13.3 Å². The smallest absolute Gasteiger partial charge is 0.269 e. The summed E-state index contributed by atoms with van der Waals surface area (Å²) in [6.07, 6.45) is 5.61. The van der Waals surface area contributed by atoms with Crippen LogP contribution < -0.4 is 4.72 Å². The molecule has 1 aliphatic heterocycles. The second-order valence-corrected chi connectivity index (χ2v) is 7.86. The summed E-state index contributed by atoms with van der Waals surface area (Å²) >= 11 is 0. The van der Waals surface area contributed by atoms with Gasteiger partial charge in [-0.2, -0.15) is 0 Å². The number of nitrogens with zero attached hydrogens (tertiary/aromatic N) is 2. The zero-order valence-electron chi connectivity index (χ0n) is 14.0. The highest BCUT2D eigenvalue weighted by molar-refractivity contribution is 7.89.